The molecule has 0 bridgehead atoms. The second-order valence-corrected chi connectivity index (χ2v) is 2.58. The minimum atomic E-state index is -1.05. The van der Waals surface area contributed by atoms with Crippen LogP contribution in [0.3, 0.4) is 0 Å². The monoisotopic (exact) mass is 223 g/mol. The van der Waals surface area contributed by atoms with Gasteiger partial charge in [-0.15, -0.1) is 12.4 Å². The van der Waals surface area contributed by atoms with E-state index in [1.54, 1.807) is 12.2 Å². The fraction of sp³-hybridized carbons (Fsp3) is 0.500. The molecule has 0 aliphatic rings. The van der Waals surface area contributed by atoms with Gasteiger partial charge in [0, 0.05) is 6.42 Å². The Bertz CT molecular complexity index is 217. The summed E-state index contributed by atoms with van der Waals surface area (Å²) in [4.78, 5) is 20.3. The largest absolute Gasteiger partial charge is 0.481 e. The van der Waals surface area contributed by atoms with Crippen molar-refractivity contribution in [3.63, 3.8) is 0 Å². The second kappa shape index (κ2) is 8.52. The van der Waals surface area contributed by atoms with E-state index in [-0.39, 0.29) is 25.2 Å². The number of nitrogens with two attached hydrogens (primary N) is 1. The molecule has 0 aromatic heterocycles. The fourth-order valence-electron chi connectivity index (χ4n) is 0.668. The highest BCUT2D eigenvalue weighted by Gasteiger charge is 2.07. The summed E-state index contributed by atoms with van der Waals surface area (Å²) in [6, 6.07) is -0.902. The zero-order valence-electron chi connectivity index (χ0n) is 7.55. The minimum absolute atomic E-state index is 0. The van der Waals surface area contributed by atoms with Crippen molar-refractivity contribution >= 4 is 24.3 Å². The van der Waals surface area contributed by atoms with Crippen molar-refractivity contribution in [2.45, 2.75) is 25.3 Å². The van der Waals surface area contributed by atoms with Crippen molar-refractivity contribution in [1.29, 1.82) is 0 Å². The van der Waals surface area contributed by atoms with Gasteiger partial charge in [-0.25, -0.2) is 0 Å². The number of hydrogen-bond acceptors (Lipinski definition) is 3. The predicted molar refractivity (Wildman–Crippen MR) is 53.5 cm³/mol. The highest BCUT2D eigenvalue weighted by molar-refractivity contribution is 5.85. The van der Waals surface area contributed by atoms with Crippen molar-refractivity contribution in [2.24, 2.45) is 5.73 Å². The zero-order valence-corrected chi connectivity index (χ0v) is 8.37. The normalized spacial score (nSPS) is 12.1. The first-order chi connectivity index (χ1) is 6.04. The van der Waals surface area contributed by atoms with Gasteiger partial charge in [-0.3, -0.25) is 9.59 Å². The average Bonchev–Trinajstić information content (AvgIpc) is 2.02. The fourth-order valence-corrected chi connectivity index (χ4v) is 0.668. The third-order valence-corrected chi connectivity index (χ3v) is 1.40. The van der Waals surface area contributed by atoms with Gasteiger partial charge in [0.15, 0.2) is 0 Å². The smallest absolute Gasteiger partial charge is 0.320 e. The summed E-state index contributed by atoms with van der Waals surface area (Å²) in [5.41, 5.74) is 5.19. The van der Waals surface area contributed by atoms with Gasteiger partial charge < -0.3 is 15.9 Å². The van der Waals surface area contributed by atoms with Gasteiger partial charge in [0.1, 0.15) is 6.04 Å². The molecule has 0 unspecified atom stereocenters. The summed E-state index contributed by atoms with van der Waals surface area (Å²) in [6.07, 6.45) is 3.90. The molecule has 0 amide bonds. The van der Waals surface area contributed by atoms with Crippen LogP contribution < -0.4 is 5.73 Å². The molecular weight excluding hydrogens is 210 g/mol. The molecule has 0 fully saturated rings. The van der Waals surface area contributed by atoms with E-state index >= 15 is 0 Å². The molecule has 0 aliphatic heterocycles. The van der Waals surface area contributed by atoms with Gasteiger partial charge in [0.2, 0.25) is 0 Å². The molecular formula is C8H14ClNO4. The van der Waals surface area contributed by atoms with E-state index in [2.05, 4.69) is 0 Å². The summed E-state index contributed by atoms with van der Waals surface area (Å²) < 4.78 is 0. The molecule has 0 spiro atoms. The second-order valence-electron chi connectivity index (χ2n) is 2.58. The molecule has 0 heterocycles. The number of carboxylic acids is 2. The third kappa shape index (κ3) is 9.02. The van der Waals surface area contributed by atoms with E-state index in [1.807, 2.05) is 0 Å². The zero-order chi connectivity index (χ0) is 10.3. The first-order valence-electron chi connectivity index (χ1n) is 3.89. The Labute approximate surface area is 88.0 Å². The highest BCUT2D eigenvalue weighted by Crippen LogP contribution is 1.95. The lowest BCUT2D eigenvalue weighted by Crippen LogP contribution is -2.29. The standard InChI is InChI=1S/C8H13NO4.ClH/c9-6(8(12)13)4-2-1-3-5-7(10)11;/h1-2,6H,3-5,9H2,(H,10,11)(H,12,13);1H/b2-1+;/t6-;/m0./s1. The van der Waals surface area contributed by atoms with Crippen LogP contribution in [0.25, 0.3) is 0 Å². The van der Waals surface area contributed by atoms with Gasteiger partial charge in [-0.2, -0.15) is 0 Å². The van der Waals surface area contributed by atoms with E-state index in [9.17, 15) is 9.59 Å². The summed E-state index contributed by atoms with van der Waals surface area (Å²) in [5.74, 6) is -1.92. The molecule has 6 heteroatoms. The molecule has 0 rings (SSSR count). The van der Waals surface area contributed by atoms with Gasteiger partial charge in [0.25, 0.3) is 0 Å². The molecule has 0 saturated heterocycles. The number of rotatable bonds is 6. The highest BCUT2D eigenvalue weighted by atomic mass is 35.5. The van der Waals surface area contributed by atoms with E-state index in [4.69, 9.17) is 15.9 Å². The number of hydrogen-bond donors (Lipinski definition) is 3. The van der Waals surface area contributed by atoms with Gasteiger partial charge >= 0.3 is 11.9 Å². The Morgan fingerprint density at radius 1 is 1.29 bits per heavy atom. The Hall–Kier alpha value is -1.07. The number of carbonyl (C=O) groups is 2. The summed E-state index contributed by atoms with van der Waals surface area (Å²) >= 11 is 0. The quantitative estimate of drug-likeness (QED) is 0.574. The lowest BCUT2D eigenvalue weighted by atomic mass is 10.2. The molecule has 4 N–H and O–H groups in total. The molecule has 0 aromatic carbocycles. The maximum atomic E-state index is 10.2. The minimum Gasteiger partial charge on any atom is -0.481 e. The Morgan fingerprint density at radius 2 is 1.86 bits per heavy atom. The average molecular weight is 224 g/mol. The van der Waals surface area contributed by atoms with Crippen LogP contribution in [0.2, 0.25) is 0 Å². The third-order valence-electron chi connectivity index (χ3n) is 1.40. The molecule has 82 valence electrons. The maximum Gasteiger partial charge on any atom is 0.320 e. The van der Waals surface area contributed by atoms with E-state index in [1.165, 1.54) is 0 Å². The summed E-state index contributed by atoms with van der Waals surface area (Å²) in [5, 5.41) is 16.6. The van der Waals surface area contributed by atoms with Crippen molar-refractivity contribution in [3.8, 4) is 0 Å². The Kier molecular flexibility index (Phi) is 9.38. The van der Waals surface area contributed by atoms with Crippen LogP contribution in [-0.4, -0.2) is 28.2 Å². The van der Waals surface area contributed by atoms with Crippen molar-refractivity contribution < 1.29 is 19.8 Å². The Balaban J connectivity index is 0. The van der Waals surface area contributed by atoms with Gasteiger partial charge in [-0.05, 0) is 12.8 Å². The topological polar surface area (TPSA) is 101 Å². The molecule has 5 nitrogen and oxygen atoms in total. The van der Waals surface area contributed by atoms with Crippen LogP contribution >= 0.6 is 12.4 Å². The van der Waals surface area contributed by atoms with Crippen molar-refractivity contribution in [2.75, 3.05) is 0 Å². The maximum absolute atomic E-state index is 10.2. The van der Waals surface area contributed by atoms with Crippen LogP contribution in [0.15, 0.2) is 12.2 Å². The SMILES string of the molecule is Cl.N[C@@H](C/C=C/CCC(=O)O)C(=O)O. The summed E-state index contributed by atoms with van der Waals surface area (Å²) in [7, 11) is 0. The van der Waals surface area contributed by atoms with Crippen LogP contribution in [0.5, 0.6) is 0 Å². The molecule has 0 aliphatic carbocycles. The lowest BCUT2D eigenvalue weighted by molar-refractivity contribution is -0.138. The number of carboxylic acid groups (broad SMARTS) is 2. The molecule has 0 saturated carbocycles. The van der Waals surface area contributed by atoms with Crippen LogP contribution in [0, 0.1) is 0 Å². The lowest BCUT2D eigenvalue weighted by Gasteiger charge is -1.99. The van der Waals surface area contributed by atoms with E-state index in [0.29, 0.717) is 6.42 Å². The van der Waals surface area contributed by atoms with E-state index in [0.717, 1.165) is 0 Å². The molecule has 0 aromatic rings. The molecule has 0 radical (unpaired) electrons. The van der Waals surface area contributed by atoms with Crippen molar-refractivity contribution in [1.82, 2.24) is 0 Å². The van der Waals surface area contributed by atoms with Crippen LogP contribution in [0.1, 0.15) is 19.3 Å². The number of aliphatic carboxylic acids is 2. The van der Waals surface area contributed by atoms with Gasteiger partial charge in [-0.1, -0.05) is 12.2 Å². The van der Waals surface area contributed by atoms with Crippen molar-refractivity contribution in [3.05, 3.63) is 12.2 Å². The molecule has 1 atom stereocenters. The van der Waals surface area contributed by atoms with Gasteiger partial charge in [0.05, 0.1) is 0 Å². The first kappa shape index (κ1) is 15.4. The van der Waals surface area contributed by atoms with Crippen LogP contribution in [-0.2, 0) is 9.59 Å². The molecule has 14 heavy (non-hydrogen) atoms. The summed E-state index contributed by atoms with van der Waals surface area (Å²) in [6.45, 7) is 0. The first-order valence-corrected chi connectivity index (χ1v) is 3.89. The predicted octanol–water partition coefficient (Wildman–Crippen LogP) is 0.631. The Morgan fingerprint density at radius 3 is 2.29 bits per heavy atom. The number of halogens is 1. The number of allylic oxidation sites excluding steroid dienone is 1. The van der Waals surface area contributed by atoms with Crippen LogP contribution in [0.4, 0.5) is 0 Å². The van der Waals surface area contributed by atoms with E-state index < -0.39 is 18.0 Å².